The van der Waals surface area contributed by atoms with Crippen LogP contribution in [0.3, 0.4) is 0 Å². The van der Waals surface area contributed by atoms with Gasteiger partial charge in [0.2, 0.25) is 0 Å². The highest BCUT2D eigenvalue weighted by molar-refractivity contribution is 7.02. The molecule has 0 amide bonds. The number of fused-ring (bicyclic) bond motifs is 2. The Morgan fingerprint density at radius 3 is 2.06 bits per heavy atom. The van der Waals surface area contributed by atoms with E-state index in [1.165, 1.54) is 44.2 Å². The predicted octanol–water partition coefficient (Wildman–Crippen LogP) is 6.03. The van der Waals surface area contributed by atoms with Gasteiger partial charge in [-0.05, 0) is 57.9 Å². The summed E-state index contributed by atoms with van der Waals surface area (Å²) in [6.07, 6.45) is 0. The van der Waals surface area contributed by atoms with Gasteiger partial charge in [0, 0.05) is 36.8 Å². The highest BCUT2D eigenvalue weighted by atomic mass is 28.3. The summed E-state index contributed by atoms with van der Waals surface area (Å²) in [5, 5.41) is 3.03. The van der Waals surface area contributed by atoms with Crippen LogP contribution in [-0.4, -0.2) is 22.2 Å². The number of benzene rings is 4. The van der Waals surface area contributed by atoms with Crippen molar-refractivity contribution in [1.82, 2.24) is 0 Å². The molecular weight excluding hydrogens is 392 g/mol. The summed E-state index contributed by atoms with van der Waals surface area (Å²) >= 11 is 0. The van der Waals surface area contributed by atoms with Crippen molar-refractivity contribution in [3.05, 3.63) is 97.1 Å². The number of rotatable bonds is 3. The van der Waals surface area contributed by atoms with E-state index >= 15 is 0 Å². The van der Waals surface area contributed by atoms with Crippen LogP contribution in [0, 0.1) is 0 Å². The van der Waals surface area contributed by atoms with E-state index in [1.807, 2.05) is 0 Å². The van der Waals surface area contributed by atoms with Gasteiger partial charge in [-0.2, -0.15) is 0 Å². The fourth-order valence-corrected chi connectivity index (χ4v) is 7.86. The van der Waals surface area contributed by atoms with Crippen molar-refractivity contribution in [1.29, 1.82) is 0 Å². The summed E-state index contributed by atoms with van der Waals surface area (Å²) in [7, 11) is 2.60. The first kappa shape index (κ1) is 19.6. The second kappa shape index (κ2) is 7.43. The number of nitrogens with zero attached hydrogens (tertiary/aromatic N) is 2. The first-order chi connectivity index (χ1) is 15.0. The van der Waals surface area contributed by atoms with E-state index in [1.54, 1.807) is 0 Å². The van der Waals surface area contributed by atoms with Crippen LogP contribution in [0.25, 0.3) is 11.1 Å². The molecule has 0 fully saturated rings. The maximum atomic E-state index is 2.47. The normalized spacial score (nSPS) is 14.0. The van der Waals surface area contributed by atoms with Crippen molar-refractivity contribution >= 4 is 41.2 Å². The predicted molar refractivity (Wildman–Crippen MR) is 138 cm³/mol. The van der Waals surface area contributed by atoms with Gasteiger partial charge in [0.1, 0.15) is 8.07 Å². The van der Waals surface area contributed by atoms with E-state index in [0.29, 0.717) is 0 Å². The van der Waals surface area contributed by atoms with E-state index in [9.17, 15) is 0 Å². The molecule has 31 heavy (non-hydrogen) atoms. The Labute approximate surface area is 186 Å². The Balaban J connectivity index is 1.57. The molecule has 0 unspecified atom stereocenters. The molecule has 0 bridgehead atoms. The lowest BCUT2D eigenvalue weighted by molar-refractivity contribution is 1.21. The quantitative estimate of drug-likeness (QED) is 0.374. The molecule has 2 nitrogen and oxygen atoms in total. The second-order valence-corrected chi connectivity index (χ2v) is 13.2. The minimum absolute atomic E-state index is 1.19. The molecule has 1 aliphatic heterocycles. The SMILES string of the molecule is CN(c1ccccc1)c1cccc(-c2ccc3c(c2)N(C)c2ccccc2[Si]3(C)C)c1. The minimum atomic E-state index is -1.72. The zero-order chi connectivity index (χ0) is 21.6. The van der Waals surface area contributed by atoms with Gasteiger partial charge in [-0.1, -0.05) is 73.8 Å². The van der Waals surface area contributed by atoms with Crippen LogP contribution in [0.1, 0.15) is 0 Å². The van der Waals surface area contributed by atoms with Gasteiger partial charge in [0.15, 0.2) is 0 Å². The van der Waals surface area contributed by atoms with Gasteiger partial charge in [0.05, 0.1) is 0 Å². The van der Waals surface area contributed by atoms with Crippen LogP contribution < -0.4 is 20.2 Å². The van der Waals surface area contributed by atoms with E-state index in [4.69, 9.17) is 0 Å². The van der Waals surface area contributed by atoms with Gasteiger partial charge in [-0.25, -0.2) is 0 Å². The van der Waals surface area contributed by atoms with E-state index < -0.39 is 8.07 Å². The monoisotopic (exact) mass is 420 g/mol. The van der Waals surface area contributed by atoms with Crippen LogP contribution in [0.4, 0.5) is 22.7 Å². The van der Waals surface area contributed by atoms with Crippen molar-refractivity contribution < 1.29 is 0 Å². The van der Waals surface area contributed by atoms with E-state index in [2.05, 4.69) is 134 Å². The standard InChI is InChI=1S/C28H28N2Si/c1-29(23-12-6-5-7-13-23)24-14-10-11-21(19-24)22-17-18-28-26(20-22)30(2)25-15-8-9-16-27(25)31(28,3)4/h5-20H,1-4H3. The molecule has 4 aromatic rings. The highest BCUT2D eigenvalue weighted by Gasteiger charge is 2.36. The van der Waals surface area contributed by atoms with Crippen molar-refractivity contribution in [3.8, 4) is 11.1 Å². The third-order valence-electron chi connectivity index (χ3n) is 6.68. The van der Waals surface area contributed by atoms with Crippen LogP contribution in [-0.2, 0) is 0 Å². The molecule has 3 heteroatoms. The van der Waals surface area contributed by atoms with Gasteiger partial charge in [-0.3, -0.25) is 0 Å². The largest absolute Gasteiger partial charge is 0.345 e. The summed E-state index contributed by atoms with van der Waals surface area (Å²) in [5.74, 6) is 0. The van der Waals surface area contributed by atoms with E-state index in [0.717, 1.165) is 0 Å². The fourth-order valence-electron chi connectivity index (χ4n) is 4.78. The van der Waals surface area contributed by atoms with Gasteiger partial charge in [-0.15, -0.1) is 0 Å². The Hall–Kier alpha value is -3.30. The lowest BCUT2D eigenvalue weighted by Gasteiger charge is -2.39. The minimum Gasteiger partial charge on any atom is -0.345 e. The van der Waals surface area contributed by atoms with Gasteiger partial charge < -0.3 is 9.80 Å². The van der Waals surface area contributed by atoms with Crippen molar-refractivity contribution in [3.63, 3.8) is 0 Å². The van der Waals surface area contributed by atoms with E-state index in [-0.39, 0.29) is 0 Å². The third-order valence-corrected chi connectivity index (χ3v) is 10.2. The lowest BCUT2D eigenvalue weighted by atomic mass is 10.0. The van der Waals surface area contributed by atoms with Crippen LogP contribution >= 0.6 is 0 Å². The molecule has 154 valence electrons. The van der Waals surface area contributed by atoms with Crippen molar-refractivity contribution in [2.75, 3.05) is 23.9 Å². The Kier molecular flexibility index (Phi) is 4.71. The maximum Gasteiger partial charge on any atom is 0.117 e. The van der Waals surface area contributed by atoms with Crippen LogP contribution in [0.5, 0.6) is 0 Å². The fraction of sp³-hybridized carbons (Fsp3) is 0.143. The van der Waals surface area contributed by atoms with Crippen LogP contribution in [0.15, 0.2) is 97.1 Å². The van der Waals surface area contributed by atoms with Crippen molar-refractivity contribution in [2.24, 2.45) is 0 Å². The molecule has 0 radical (unpaired) electrons. The maximum absolute atomic E-state index is 2.47. The Morgan fingerprint density at radius 1 is 0.613 bits per heavy atom. The zero-order valence-corrected chi connectivity index (χ0v) is 19.6. The average molecular weight is 421 g/mol. The molecule has 0 aromatic heterocycles. The zero-order valence-electron chi connectivity index (χ0n) is 18.6. The first-order valence-corrected chi connectivity index (χ1v) is 13.8. The summed E-state index contributed by atoms with van der Waals surface area (Å²) < 4.78 is 0. The number of para-hydroxylation sites is 2. The highest BCUT2D eigenvalue weighted by Crippen LogP contribution is 2.34. The summed E-state index contributed by atoms with van der Waals surface area (Å²) in [6.45, 7) is 4.93. The molecule has 0 saturated heterocycles. The van der Waals surface area contributed by atoms with Crippen LogP contribution in [0.2, 0.25) is 13.1 Å². The number of hydrogen-bond acceptors (Lipinski definition) is 2. The molecule has 0 atom stereocenters. The molecule has 0 saturated carbocycles. The lowest BCUT2D eigenvalue weighted by Crippen LogP contribution is -2.58. The molecular formula is C28H28N2Si. The molecule has 0 N–H and O–H groups in total. The average Bonchev–Trinajstić information content (AvgIpc) is 2.82. The second-order valence-electron chi connectivity index (χ2n) is 8.88. The number of hydrogen-bond donors (Lipinski definition) is 0. The Morgan fingerprint density at radius 2 is 1.26 bits per heavy atom. The smallest absolute Gasteiger partial charge is 0.117 e. The summed E-state index contributed by atoms with van der Waals surface area (Å²) in [4.78, 5) is 4.60. The first-order valence-electron chi connectivity index (χ1n) is 10.8. The Bertz CT molecular complexity index is 1250. The third kappa shape index (κ3) is 3.26. The molecule has 0 spiro atoms. The number of anilines is 4. The van der Waals surface area contributed by atoms with Crippen molar-refractivity contribution in [2.45, 2.75) is 13.1 Å². The van der Waals surface area contributed by atoms with Gasteiger partial charge >= 0.3 is 0 Å². The molecule has 0 aliphatic carbocycles. The topological polar surface area (TPSA) is 6.48 Å². The summed E-state index contributed by atoms with van der Waals surface area (Å²) in [5.41, 5.74) is 7.58. The molecule has 1 heterocycles. The summed E-state index contributed by atoms with van der Waals surface area (Å²) in [6, 6.07) is 35.3. The molecule has 4 aromatic carbocycles. The molecule has 5 rings (SSSR count). The van der Waals surface area contributed by atoms with Gasteiger partial charge in [0.25, 0.3) is 0 Å². The molecule has 1 aliphatic rings.